The summed E-state index contributed by atoms with van der Waals surface area (Å²) in [6.45, 7) is 6.19. The normalized spacial score (nSPS) is 32.0. The van der Waals surface area contributed by atoms with Gasteiger partial charge in [0.05, 0.1) is 44.2 Å². The molecule has 8 heteroatoms. The number of morpholine rings is 1. The Bertz CT molecular complexity index is 887. The highest BCUT2D eigenvalue weighted by Crippen LogP contribution is 2.52. The van der Waals surface area contributed by atoms with Crippen LogP contribution in [0.25, 0.3) is 0 Å². The van der Waals surface area contributed by atoms with E-state index in [4.69, 9.17) is 21.1 Å². The first-order valence-electron chi connectivity index (χ1n) is 11.2. The minimum atomic E-state index is -0.692. The molecule has 4 heterocycles. The molecule has 4 atom stereocenters. The smallest absolute Gasteiger partial charge is 0.230 e. The van der Waals surface area contributed by atoms with Crippen molar-refractivity contribution >= 4 is 23.4 Å². The zero-order valence-electron chi connectivity index (χ0n) is 17.5. The predicted octanol–water partition coefficient (Wildman–Crippen LogP) is 0.0434. The minimum absolute atomic E-state index is 0.0234. The Morgan fingerprint density at radius 2 is 2.10 bits per heavy atom. The van der Waals surface area contributed by atoms with Crippen LogP contribution in [0.3, 0.4) is 0 Å². The number of nitrogens with one attached hydrogen (secondary N) is 2. The third kappa shape index (κ3) is 3.89. The molecule has 31 heavy (non-hydrogen) atoms. The van der Waals surface area contributed by atoms with Gasteiger partial charge in [-0.15, -0.1) is 0 Å². The number of benzene rings is 1. The molecular weight excluding hydrogens is 418 g/mol. The summed E-state index contributed by atoms with van der Waals surface area (Å²) in [6, 6.07) is 7.54. The van der Waals surface area contributed by atoms with Gasteiger partial charge in [0.15, 0.2) is 0 Å². The standard InChI is InChI=1S/C23H28ClN3O4/c24-17-5-2-1-4-16(17)14-27-15-23-7-6-18(31-23)19(20(23)22(27)29)21(28)25-8-3-9-26-10-12-30-13-11-26/h1-2,4-7,18-20H,3,8-15H2,(H,25,28)/p+1. The molecule has 1 spiro atoms. The minimum Gasteiger partial charge on any atom is -0.370 e. The fourth-order valence-corrected chi connectivity index (χ4v) is 5.62. The van der Waals surface area contributed by atoms with E-state index in [0.29, 0.717) is 24.7 Å². The molecule has 166 valence electrons. The van der Waals surface area contributed by atoms with Crippen LogP contribution in [-0.2, 0) is 25.6 Å². The second kappa shape index (κ2) is 8.54. The van der Waals surface area contributed by atoms with Crippen LogP contribution in [0.1, 0.15) is 12.0 Å². The van der Waals surface area contributed by atoms with E-state index in [1.54, 1.807) is 4.90 Å². The van der Waals surface area contributed by atoms with Gasteiger partial charge >= 0.3 is 0 Å². The summed E-state index contributed by atoms with van der Waals surface area (Å²) in [5.41, 5.74) is 0.210. The fourth-order valence-electron chi connectivity index (χ4n) is 5.42. The number of quaternary nitrogens is 1. The summed E-state index contributed by atoms with van der Waals surface area (Å²) in [5.74, 6) is -1.03. The SMILES string of the molecule is O=C(NCCC[NH+]1CCOCC1)C1C2C=CC3(CN(Cc4ccccc4Cl)C(=O)C13)O2. The van der Waals surface area contributed by atoms with Crippen molar-refractivity contribution in [2.24, 2.45) is 11.8 Å². The number of amides is 2. The van der Waals surface area contributed by atoms with Crippen molar-refractivity contribution in [3.05, 3.63) is 47.0 Å². The first-order chi connectivity index (χ1) is 15.1. The number of ether oxygens (including phenoxy) is 2. The molecule has 0 radical (unpaired) electrons. The number of likely N-dealkylation sites (tertiary alicyclic amines) is 1. The molecule has 4 aliphatic rings. The van der Waals surface area contributed by atoms with Gasteiger partial charge in [-0.3, -0.25) is 9.59 Å². The van der Waals surface area contributed by atoms with Crippen LogP contribution in [0.5, 0.6) is 0 Å². The van der Waals surface area contributed by atoms with Crippen molar-refractivity contribution in [2.75, 3.05) is 45.9 Å². The lowest BCUT2D eigenvalue weighted by atomic mass is 9.77. The van der Waals surface area contributed by atoms with E-state index in [-0.39, 0.29) is 17.9 Å². The van der Waals surface area contributed by atoms with E-state index in [0.717, 1.165) is 44.8 Å². The Labute approximate surface area is 187 Å². The average molecular weight is 447 g/mol. The number of nitrogens with zero attached hydrogens (tertiary/aromatic N) is 1. The van der Waals surface area contributed by atoms with E-state index in [1.807, 2.05) is 36.4 Å². The van der Waals surface area contributed by atoms with Crippen molar-refractivity contribution in [1.82, 2.24) is 10.2 Å². The monoisotopic (exact) mass is 446 g/mol. The van der Waals surface area contributed by atoms with Crippen LogP contribution < -0.4 is 10.2 Å². The second-order valence-electron chi connectivity index (χ2n) is 8.94. The Kier molecular flexibility index (Phi) is 5.77. The van der Waals surface area contributed by atoms with Crippen LogP contribution in [-0.4, -0.2) is 74.4 Å². The second-order valence-corrected chi connectivity index (χ2v) is 9.35. The third-order valence-electron chi connectivity index (χ3n) is 7.01. The number of halogens is 1. The highest BCUT2D eigenvalue weighted by Gasteiger charge is 2.66. The first-order valence-corrected chi connectivity index (χ1v) is 11.5. The van der Waals surface area contributed by atoms with Crippen molar-refractivity contribution in [1.29, 1.82) is 0 Å². The van der Waals surface area contributed by atoms with Gasteiger partial charge in [0.25, 0.3) is 0 Å². The first kappa shape index (κ1) is 20.9. The molecule has 1 aromatic rings. The molecule has 7 nitrogen and oxygen atoms in total. The molecule has 5 rings (SSSR count). The van der Waals surface area contributed by atoms with E-state index in [9.17, 15) is 9.59 Å². The lowest BCUT2D eigenvalue weighted by molar-refractivity contribution is -0.908. The molecule has 3 fully saturated rings. The topological polar surface area (TPSA) is 72.3 Å². The van der Waals surface area contributed by atoms with Gasteiger partial charge in [-0.25, -0.2) is 0 Å². The van der Waals surface area contributed by atoms with Gasteiger partial charge < -0.3 is 24.6 Å². The predicted molar refractivity (Wildman–Crippen MR) is 115 cm³/mol. The molecule has 2 bridgehead atoms. The summed E-state index contributed by atoms with van der Waals surface area (Å²) < 4.78 is 11.6. The molecule has 3 saturated heterocycles. The molecule has 0 saturated carbocycles. The van der Waals surface area contributed by atoms with Crippen LogP contribution in [0.4, 0.5) is 0 Å². The maximum Gasteiger partial charge on any atom is 0.230 e. The van der Waals surface area contributed by atoms with Gasteiger partial charge in [-0.1, -0.05) is 42.0 Å². The molecule has 2 N–H and O–H groups in total. The number of carbonyl (C=O) groups is 2. The maximum absolute atomic E-state index is 13.3. The lowest BCUT2D eigenvalue weighted by Gasteiger charge is -2.25. The van der Waals surface area contributed by atoms with E-state index >= 15 is 0 Å². The van der Waals surface area contributed by atoms with Gasteiger partial charge in [-0.05, 0) is 11.6 Å². The van der Waals surface area contributed by atoms with Crippen LogP contribution >= 0.6 is 11.6 Å². The maximum atomic E-state index is 13.3. The molecule has 1 aromatic carbocycles. The summed E-state index contributed by atoms with van der Waals surface area (Å²) >= 11 is 6.30. The Hall–Kier alpha value is -1.93. The Morgan fingerprint density at radius 1 is 1.29 bits per heavy atom. The fraction of sp³-hybridized carbons (Fsp3) is 0.565. The van der Waals surface area contributed by atoms with Gasteiger partial charge in [0.1, 0.15) is 18.7 Å². The molecule has 4 aliphatic heterocycles. The number of fused-ring (bicyclic) bond motifs is 1. The van der Waals surface area contributed by atoms with Gasteiger partial charge in [-0.2, -0.15) is 0 Å². The summed E-state index contributed by atoms with van der Waals surface area (Å²) in [6.07, 6.45) is 4.53. The number of hydrogen-bond donors (Lipinski definition) is 2. The van der Waals surface area contributed by atoms with Crippen molar-refractivity contribution in [2.45, 2.75) is 24.7 Å². The van der Waals surface area contributed by atoms with E-state index < -0.39 is 17.4 Å². The molecule has 0 aromatic heterocycles. The summed E-state index contributed by atoms with van der Waals surface area (Å²) in [5, 5.41) is 3.70. The van der Waals surface area contributed by atoms with Crippen molar-refractivity contribution in [3.8, 4) is 0 Å². The molecule has 4 unspecified atom stereocenters. The van der Waals surface area contributed by atoms with E-state index in [2.05, 4.69) is 5.32 Å². The van der Waals surface area contributed by atoms with Crippen LogP contribution in [0.2, 0.25) is 5.02 Å². The Morgan fingerprint density at radius 3 is 2.90 bits per heavy atom. The van der Waals surface area contributed by atoms with Crippen LogP contribution in [0, 0.1) is 11.8 Å². The Balaban J connectivity index is 1.21. The lowest BCUT2D eigenvalue weighted by Crippen LogP contribution is -3.14. The zero-order chi connectivity index (χ0) is 21.4. The van der Waals surface area contributed by atoms with E-state index in [1.165, 1.54) is 4.90 Å². The average Bonchev–Trinajstić information content (AvgIpc) is 3.42. The number of hydrogen-bond acceptors (Lipinski definition) is 4. The number of rotatable bonds is 7. The molecule has 0 aliphatic carbocycles. The third-order valence-corrected chi connectivity index (χ3v) is 7.38. The highest BCUT2D eigenvalue weighted by atomic mass is 35.5. The van der Waals surface area contributed by atoms with Crippen LogP contribution in [0.15, 0.2) is 36.4 Å². The van der Waals surface area contributed by atoms with Crippen molar-refractivity contribution in [3.63, 3.8) is 0 Å². The summed E-state index contributed by atoms with van der Waals surface area (Å²) in [7, 11) is 0. The molecule has 2 amide bonds. The quantitative estimate of drug-likeness (QED) is 0.458. The summed E-state index contributed by atoms with van der Waals surface area (Å²) in [4.78, 5) is 29.7. The van der Waals surface area contributed by atoms with Gasteiger partial charge in [0.2, 0.25) is 11.8 Å². The zero-order valence-corrected chi connectivity index (χ0v) is 18.3. The number of carbonyl (C=O) groups excluding carboxylic acids is 2. The van der Waals surface area contributed by atoms with Gasteiger partial charge in [0, 0.05) is 24.5 Å². The van der Waals surface area contributed by atoms with Crippen molar-refractivity contribution < 1.29 is 24.0 Å². The highest BCUT2D eigenvalue weighted by molar-refractivity contribution is 6.31. The largest absolute Gasteiger partial charge is 0.370 e. The molecular formula is C23H29ClN3O4+.